The van der Waals surface area contributed by atoms with Gasteiger partial charge < -0.3 is 10.1 Å². The zero-order chi connectivity index (χ0) is 22.5. The Balaban J connectivity index is 2.53. The fourth-order valence-electron chi connectivity index (χ4n) is 2.31. The Morgan fingerprint density at radius 1 is 1.20 bits per heavy atom. The summed E-state index contributed by atoms with van der Waals surface area (Å²) in [5.74, 6) is -0.824. The normalized spacial score (nSPS) is 11.3. The molecule has 0 spiro atoms. The fraction of sp³-hybridized carbons (Fsp3) is 0.176. The molecule has 0 atom stereocenters. The molecule has 12 nitrogen and oxygen atoms in total. The number of methoxy groups -OCH3 is 1. The number of carbonyl (C=O) groups is 2. The highest BCUT2D eigenvalue weighted by atomic mass is 32.2. The number of amides is 1. The summed E-state index contributed by atoms with van der Waals surface area (Å²) in [5.41, 5.74) is -0.920. The number of nitrogens with zero attached hydrogens (tertiary/aromatic N) is 3. The van der Waals surface area contributed by atoms with E-state index in [0.29, 0.717) is 0 Å². The largest absolute Gasteiger partial charge is 0.494 e. The van der Waals surface area contributed by atoms with Crippen molar-refractivity contribution in [3.05, 3.63) is 46.5 Å². The molecule has 0 aliphatic carbocycles. The lowest BCUT2D eigenvalue weighted by atomic mass is 10.2. The fourth-order valence-corrected chi connectivity index (χ4v) is 2.81. The molecule has 13 heteroatoms. The van der Waals surface area contributed by atoms with Crippen LogP contribution < -0.4 is 10.1 Å². The Hall–Kier alpha value is -3.71. The number of nitro benzene ring substituents is 1. The van der Waals surface area contributed by atoms with Gasteiger partial charge in [0.2, 0.25) is 5.91 Å². The van der Waals surface area contributed by atoms with Gasteiger partial charge in [-0.3, -0.25) is 24.3 Å². The molecule has 2 rings (SSSR count). The molecule has 0 radical (unpaired) electrons. The molecule has 0 saturated carbocycles. The number of nitrogens with one attached hydrogen (secondary N) is 1. The van der Waals surface area contributed by atoms with Crippen molar-refractivity contribution >= 4 is 44.6 Å². The van der Waals surface area contributed by atoms with Gasteiger partial charge in [0.05, 0.1) is 23.3 Å². The lowest BCUT2D eigenvalue weighted by Crippen LogP contribution is -2.15. The monoisotopic (exact) mass is 436 g/mol. The van der Waals surface area contributed by atoms with Crippen LogP contribution in [0.5, 0.6) is 5.75 Å². The van der Waals surface area contributed by atoms with E-state index in [-0.39, 0.29) is 22.9 Å². The number of hydrogen-bond acceptors (Lipinski definition) is 9. The van der Waals surface area contributed by atoms with Gasteiger partial charge in [0.15, 0.2) is 5.69 Å². The van der Waals surface area contributed by atoms with Crippen molar-refractivity contribution in [2.45, 2.75) is 18.2 Å². The number of hydrogen-bond donors (Lipinski definition) is 2. The Kier molecular flexibility index (Phi) is 6.92. The first-order valence-electron chi connectivity index (χ1n) is 8.17. The summed E-state index contributed by atoms with van der Waals surface area (Å²) in [6, 6.07) is 6.92. The van der Waals surface area contributed by atoms with E-state index in [2.05, 4.69) is 15.5 Å². The van der Waals surface area contributed by atoms with Crippen LogP contribution in [0, 0.1) is 10.1 Å². The van der Waals surface area contributed by atoms with Crippen molar-refractivity contribution in [3.8, 4) is 5.75 Å². The molecule has 1 amide bonds. The quantitative estimate of drug-likeness (QED) is 0.208. The van der Waals surface area contributed by atoms with Crippen LogP contribution in [0.4, 0.5) is 22.7 Å². The van der Waals surface area contributed by atoms with E-state index in [4.69, 9.17) is 9.29 Å². The summed E-state index contributed by atoms with van der Waals surface area (Å²) in [4.78, 5) is 32.9. The predicted molar refractivity (Wildman–Crippen MR) is 104 cm³/mol. The minimum Gasteiger partial charge on any atom is -0.494 e. The lowest BCUT2D eigenvalue weighted by molar-refractivity contribution is -0.384. The van der Waals surface area contributed by atoms with E-state index in [0.717, 1.165) is 18.2 Å². The van der Waals surface area contributed by atoms with E-state index < -0.39 is 43.6 Å². The number of azo groups is 1. The second-order valence-corrected chi connectivity index (χ2v) is 7.29. The van der Waals surface area contributed by atoms with Crippen LogP contribution >= 0.6 is 0 Å². The second-order valence-electron chi connectivity index (χ2n) is 5.86. The highest BCUT2D eigenvalue weighted by Crippen LogP contribution is 2.37. The van der Waals surface area contributed by atoms with Crippen molar-refractivity contribution in [2.24, 2.45) is 10.2 Å². The number of ketones is 1. The van der Waals surface area contributed by atoms with Crippen LogP contribution in [0.2, 0.25) is 0 Å². The van der Waals surface area contributed by atoms with Crippen molar-refractivity contribution in [1.29, 1.82) is 0 Å². The van der Waals surface area contributed by atoms with E-state index in [1.165, 1.54) is 32.2 Å². The topological polar surface area (TPSA) is 178 Å². The second kappa shape index (κ2) is 9.19. The van der Waals surface area contributed by atoms with Crippen molar-refractivity contribution in [2.75, 3.05) is 12.4 Å². The first kappa shape index (κ1) is 22.6. The zero-order valence-electron chi connectivity index (χ0n) is 15.7. The zero-order valence-corrected chi connectivity index (χ0v) is 16.5. The maximum absolute atomic E-state index is 12.0. The maximum Gasteiger partial charge on any atom is 0.296 e. The minimum absolute atomic E-state index is 0.0257. The van der Waals surface area contributed by atoms with Crippen LogP contribution in [-0.4, -0.2) is 36.7 Å². The first-order valence-corrected chi connectivity index (χ1v) is 9.61. The van der Waals surface area contributed by atoms with Gasteiger partial charge in [0.25, 0.3) is 15.8 Å². The highest BCUT2D eigenvalue weighted by molar-refractivity contribution is 7.85. The van der Waals surface area contributed by atoms with Gasteiger partial charge in [-0.15, -0.1) is 10.2 Å². The molecule has 0 aliphatic heterocycles. The summed E-state index contributed by atoms with van der Waals surface area (Å²) in [5, 5.41) is 21.2. The van der Waals surface area contributed by atoms with E-state index >= 15 is 0 Å². The number of rotatable bonds is 8. The maximum atomic E-state index is 12.0. The SMILES string of the molecule is COc1cccc(N=Nc2cc(S(=O)(=O)O)ccc2[N+](=O)[O-])c1NC(=O)CC(C)=O. The van der Waals surface area contributed by atoms with E-state index in [1.807, 2.05) is 0 Å². The summed E-state index contributed by atoms with van der Waals surface area (Å²) in [6.07, 6.45) is -0.392. The molecule has 0 aromatic heterocycles. The molecule has 2 N–H and O–H groups in total. The van der Waals surface area contributed by atoms with Gasteiger partial charge in [-0.05, 0) is 31.2 Å². The minimum atomic E-state index is -4.63. The molecule has 30 heavy (non-hydrogen) atoms. The van der Waals surface area contributed by atoms with Crippen molar-refractivity contribution in [1.82, 2.24) is 0 Å². The van der Waals surface area contributed by atoms with Gasteiger partial charge in [-0.25, -0.2) is 0 Å². The third kappa shape index (κ3) is 5.65. The average Bonchev–Trinajstić information content (AvgIpc) is 2.65. The third-order valence-electron chi connectivity index (χ3n) is 3.60. The van der Waals surface area contributed by atoms with Crippen LogP contribution in [0.25, 0.3) is 0 Å². The summed E-state index contributed by atoms with van der Waals surface area (Å²) in [6.45, 7) is 1.24. The Morgan fingerprint density at radius 3 is 2.43 bits per heavy atom. The first-order chi connectivity index (χ1) is 14.0. The van der Waals surface area contributed by atoms with Crippen LogP contribution in [0.3, 0.4) is 0 Å². The van der Waals surface area contributed by atoms with Gasteiger partial charge in [-0.1, -0.05) is 6.07 Å². The van der Waals surface area contributed by atoms with E-state index in [1.54, 1.807) is 0 Å². The molecular formula is C17H16N4O8S. The lowest BCUT2D eigenvalue weighted by Gasteiger charge is -2.11. The molecule has 2 aromatic rings. The summed E-state index contributed by atoms with van der Waals surface area (Å²) < 4.78 is 36.9. The number of Topliss-reactive ketones (excluding diaryl/α,β-unsaturated/α-hetero) is 1. The van der Waals surface area contributed by atoms with Gasteiger partial charge >= 0.3 is 0 Å². The van der Waals surface area contributed by atoms with Gasteiger partial charge in [-0.2, -0.15) is 8.42 Å². The standard InChI is InChI=1S/C17H16N4O8S/c1-10(22)8-16(23)18-17-12(4-3-5-15(17)29-2)19-20-13-9-11(30(26,27)28)6-7-14(13)21(24)25/h3-7,9H,8H2,1-2H3,(H,18,23)(H,26,27,28). The molecule has 0 bridgehead atoms. The number of carbonyl (C=O) groups excluding carboxylic acids is 2. The molecule has 0 heterocycles. The number of nitro groups is 1. The molecule has 0 saturated heterocycles. The molecule has 2 aromatic carbocycles. The summed E-state index contributed by atoms with van der Waals surface area (Å²) in [7, 11) is -3.30. The van der Waals surface area contributed by atoms with Gasteiger partial charge in [0, 0.05) is 6.07 Å². The smallest absolute Gasteiger partial charge is 0.296 e. The van der Waals surface area contributed by atoms with Crippen LogP contribution in [0.1, 0.15) is 13.3 Å². The Labute approximate surface area is 170 Å². The predicted octanol–water partition coefficient (Wildman–Crippen LogP) is 3.18. The number of anilines is 1. The number of para-hydroxylation sites is 1. The third-order valence-corrected chi connectivity index (χ3v) is 4.45. The molecule has 0 fully saturated rings. The molecule has 158 valence electrons. The van der Waals surface area contributed by atoms with Gasteiger partial charge in [0.1, 0.15) is 22.9 Å². The molecule has 0 aliphatic rings. The molecule has 0 unspecified atom stereocenters. The average molecular weight is 436 g/mol. The Morgan fingerprint density at radius 2 is 1.87 bits per heavy atom. The van der Waals surface area contributed by atoms with Crippen LogP contribution in [0.15, 0.2) is 51.5 Å². The number of ether oxygens (including phenoxy) is 1. The molecular weight excluding hydrogens is 420 g/mol. The number of benzene rings is 2. The summed E-state index contributed by atoms with van der Waals surface area (Å²) >= 11 is 0. The van der Waals surface area contributed by atoms with Crippen LogP contribution in [-0.2, 0) is 19.7 Å². The van der Waals surface area contributed by atoms with Crippen molar-refractivity contribution in [3.63, 3.8) is 0 Å². The Bertz CT molecular complexity index is 1140. The van der Waals surface area contributed by atoms with E-state index in [9.17, 15) is 28.1 Å². The van der Waals surface area contributed by atoms with Crippen molar-refractivity contribution < 1.29 is 32.2 Å². The highest BCUT2D eigenvalue weighted by Gasteiger charge is 2.20.